The van der Waals surface area contributed by atoms with Gasteiger partial charge in [-0.1, -0.05) is 176 Å². The predicted octanol–water partition coefficient (Wildman–Crippen LogP) is 10.8. The highest BCUT2D eigenvalue weighted by Gasteiger charge is 2.45. The smallest absolute Gasteiger partial charge is 0.446 e. The van der Waals surface area contributed by atoms with E-state index in [1.54, 1.807) is 18.2 Å². The monoisotopic (exact) mass is 1250 g/mol. The molecule has 456 valence electrons. The normalized spacial score (nSPS) is 21.7. The fourth-order valence-electron chi connectivity index (χ4n) is 11.8. The summed E-state index contributed by atoms with van der Waals surface area (Å²) in [6, 6.07) is 40.8. The molecule has 18 nitrogen and oxygen atoms in total. The topological polar surface area (TPSA) is 286 Å². The van der Waals surface area contributed by atoms with E-state index in [1.165, 1.54) is 30.3 Å². The molecule has 4 atom stereocenters. The van der Waals surface area contributed by atoms with E-state index >= 15 is 0 Å². The molecule has 0 spiro atoms. The zero-order chi connectivity index (χ0) is 61.4. The minimum absolute atomic E-state index is 0.00113. The van der Waals surface area contributed by atoms with Crippen molar-refractivity contribution >= 4 is 50.3 Å². The first-order chi connectivity index (χ1) is 39.6. The Kier molecular flexibility index (Phi) is 21.1. The molecular weight excluding hydrogens is 1180 g/mol. The molecule has 0 aliphatic carbocycles. The summed E-state index contributed by atoms with van der Waals surface area (Å²) >= 11 is 0. The zero-order valence-electron chi connectivity index (χ0n) is 48.1. The highest BCUT2D eigenvalue weighted by Crippen LogP contribution is 2.43. The van der Waals surface area contributed by atoms with E-state index in [0.29, 0.717) is 42.4 Å². The average Bonchev–Trinajstić information content (AvgIpc) is 2.36. The maximum Gasteiger partial charge on any atom is 0.446 e. The second-order valence-corrected chi connectivity index (χ2v) is 29.8. The number of rotatable bonds is 17. The van der Waals surface area contributed by atoms with Gasteiger partial charge in [0.05, 0.1) is 50.1 Å². The lowest BCUT2D eigenvalue weighted by molar-refractivity contribution is 0.287. The lowest BCUT2D eigenvalue weighted by Gasteiger charge is -2.36. The van der Waals surface area contributed by atoms with E-state index in [2.05, 4.69) is 45.1 Å². The molecule has 6 aromatic rings. The third-order valence-corrected chi connectivity index (χ3v) is 22.6. The van der Waals surface area contributed by atoms with Crippen LogP contribution in [-0.2, 0) is 50.3 Å². The molecule has 0 bridgehead atoms. The van der Waals surface area contributed by atoms with Crippen LogP contribution in [0.15, 0.2) is 160 Å². The minimum atomic E-state index is -4.77. The van der Waals surface area contributed by atoms with E-state index in [1.807, 2.05) is 112 Å². The van der Waals surface area contributed by atoms with Gasteiger partial charge >= 0.3 is 20.8 Å². The van der Waals surface area contributed by atoms with Gasteiger partial charge in [0.1, 0.15) is 17.2 Å². The number of unbranched alkanes of at least 4 members (excludes halogenated alkanes) is 1. The fraction of sp³-hybridized carbons (Fsp3) is 0.410. The second kappa shape index (κ2) is 26.9. The van der Waals surface area contributed by atoms with Crippen molar-refractivity contribution in [1.29, 1.82) is 0 Å². The number of benzene rings is 6. The van der Waals surface area contributed by atoms with Gasteiger partial charge in [-0.2, -0.15) is 16.8 Å². The molecule has 6 aromatic carbocycles. The van der Waals surface area contributed by atoms with Crippen LogP contribution in [0.1, 0.15) is 157 Å². The van der Waals surface area contributed by atoms with Crippen LogP contribution in [0.25, 0.3) is 0 Å². The second-order valence-electron chi connectivity index (χ2n) is 21.9. The molecule has 0 saturated carbocycles. The third kappa shape index (κ3) is 16.0. The number of phenolic OH excluding ortho intramolecular Hbond substituents is 1. The first kappa shape index (κ1) is 65.8. The molecule has 3 heterocycles. The van der Waals surface area contributed by atoms with Gasteiger partial charge in [-0.15, -0.1) is 0 Å². The van der Waals surface area contributed by atoms with Crippen molar-refractivity contribution in [3.05, 3.63) is 179 Å². The first-order valence-corrected chi connectivity index (χ1v) is 35.9. The molecule has 84 heavy (non-hydrogen) atoms. The van der Waals surface area contributed by atoms with Crippen molar-refractivity contribution in [3.63, 3.8) is 0 Å². The molecule has 23 heteroatoms. The molecule has 6 N–H and O–H groups in total. The molecule has 0 fully saturated rings. The van der Waals surface area contributed by atoms with Crippen LogP contribution in [0.2, 0.25) is 0 Å². The highest BCUT2D eigenvalue weighted by molar-refractivity contribution is 7.92. The summed E-state index contributed by atoms with van der Waals surface area (Å²) in [5.74, 6) is -0.693. The minimum Gasteiger partial charge on any atom is -0.508 e. The number of sulfone groups is 3. The molecule has 3 unspecified atom stereocenters. The Bertz CT molecular complexity index is 3810. The number of aromatic hydroxyl groups is 1. The van der Waals surface area contributed by atoms with Crippen LogP contribution < -0.4 is 24.3 Å². The molecular formula is C61H77N3O15S5. The van der Waals surface area contributed by atoms with Crippen molar-refractivity contribution in [1.82, 2.24) is 16.0 Å². The zero-order valence-corrected chi connectivity index (χ0v) is 52.1. The van der Waals surface area contributed by atoms with Crippen LogP contribution >= 0.6 is 0 Å². The highest BCUT2D eigenvalue weighted by atomic mass is 32.3. The number of phenols is 1. The van der Waals surface area contributed by atoms with Crippen LogP contribution in [0, 0.1) is 0 Å². The summed E-state index contributed by atoms with van der Waals surface area (Å²) in [5, 5.41) is 20.8. The Morgan fingerprint density at radius 2 is 0.774 bits per heavy atom. The Morgan fingerprint density at radius 3 is 1.13 bits per heavy atom. The SMILES string of the molecule is CCC1(CC)CS(=O)(=O)c2cc(OS(=O)(=O)O)ccc2C(c2ccccc2)N1.CCCC1(CCC)CS(=O)(=O)c2cc(O)ccc2C(c2ccccc2)N1.CCCC[C@]1(CC)CS(=O)(=O)c2cc(OS(=O)(=O)O)ccc2C(c2ccccc2)N1. The first-order valence-electron chi connectivity index (χ1n) is 28.2. The number of hydrogen-bond donors (Lipinski definition) is 6. The van der Waals surface area contributed by atoms with Crippen molar-refractivity contribution < 1.29 is 64.7 Å². The van der Waals surface area contributed by atoms with Gasteiger partial charge in [0.15, 0.2) is 29.5 Å². The van der Waals surface area contributed by atoms with E-state index in [9.17, 15) is 47.2 Å². The van der Waals surface area contributed by atoms with E-state index in [4.69, 9.17) is 9.11 Å². The van der Waals surface area contributed by atoms with Gasteiger partial charge in [0, 0.05) is 28.7 Å². The number of hydrogen-bond acceptors (Lipinski definition) is 16. The van der Waals surface area contributed by atoms with E-state index < -0.39 is 79.0 Å². The van der Waals surface area contributed by atoms with Gasteiger partial charge in [-0.25, -0.2) is 25.3 Å². The largest absolute Gasteiger partial charge is 0.508 e. The van der Waals surface area contributed by atoms with E-state index in [-0.39, 0.29) is 55.2 Å². The average molecular weight is 1250 g/mol. The van der Waals surface area contributed by atoms with Crippen molar-refractivity contribution in [2.75, 3.05) is 17.3 Å². The maximum atomic E-state index is 13.4. The van der Waals surface area contributed by atoms with Gasteiger partial charge in [0.2, 0.25) is 0 Å². The standard InChI is InChI=1S/C21H27NO6S2.C21H27NO3S.C19H23NO6S2/c1-3-5-13-21(4-2)15-29(23,24)19-14-17(28-30(25,26)27)11-12-18(19)20(22-21)16-9-7-6-8-10-16;1-3-12-21(13-4-2)15-26(24,25)19-14-17(23)10-11-18(19)20(22-21)16-8-6-5-7-9-16;1-3-19(4-2)13-27(21,22)17-12-15(26-28(23,24)25)10-11-16(17)18(20-19)14-8-6-5-7-9-14/h6-12,14,20,22H,3-5,13,15H2,1-2H3,(H,25,26,27);5-11,14,20,22-23H,3-4,12-13,15H2,1-2H3;5-12,18,20H,3-4,13H2,1-2H3,(H,23,24,25)/t20?,21-;;/m1../s1. The molecule has 0 saturated heterocycles. The summed E-state index contributed by atoms with van der Waals surface area (Å²) in [7, 11) is -20.6. The van der Waals surface area contributed by atoms with Crippen molar-refractivity contribution in [2.45, 2.75) is 155 Å². The van der Waals surface area contributed by atoms with Crippen molar-refractivity contribution in [3.8, 4) is 17.2 Å². The third-order valence-electron chi connectivity index (χ3n) is 16.0. The van der Waals surface area contributed by atoms with Crippen LogP contribution in [0.5, 0.6) is 17.2 Å². The Labute approximate surface area is 496 Å². The molecule has 0 amide bonds. The number of nitrogens with one attached hydrogen (secondary N) is 3. The summed E-state index contributed by atoms with van der Waals surface area (Å²) in [5.41, 5.74) is 2.85. The Morgan fingerprint density at radius 1 is 0.440 bits per heavy atom. The summed E-state index contributed by atoms with van der Waals surface area (Å²) in [6.45, 7) is 12.1. The molecule has 0 aromatic heterocycles. The van der Waals surface area contributed by atoms with Gasteiger partial charge in [-0.3, -0.25) is 25.1 Å². The molecule has 3 aliphatic heterocycles. The van der Waals surface area contributed by atoms with Crippen molar-refractivity contribution in [2.24, 2.45) is 0 Å². The van der Waals surface area contributed by atoms with E-state index in [0.717, 1.165) is 61.3 Å². The van der Waals surface area contributed by atoms with Gasteiger partial charge < -0.3 is 13.5 Å². The Hall–Kier alpha value is -5.73. The molecule has 0 radical (unpaired) electrons. The number of fused-ring (bicyclic) bond motifs is 3. The summed E-state index contributed by atoms with van der Waals surface area (Å²) in [4.78, 5) is 0.253. The lowest BCUT2D eigenvalue weighted by Crippen LogP contribution is -2.50. The van der Waals surface area contributed by atoms with Crippen LogP contribution in [0.4, 0.5) is 0 Å². The maximum absolute atomic E-state index is 13.4. The quantitative estimate of drug-likeness (QED) is 0.0463. The fourth-order valence-corrected chi connectivity index (χ4v) is 19.0. The Balaban J connectivity index is 0.000000181. The van der Waals surface area contributed by atoms with Crippen LogP contribution in [-0.4, -0.2) is 90.2 Å². The van der Waals surface area contributed by atoms with Crippen LogP contribution in [0.3, 0.4) is 0 Å². The van der Waals surface area contributed by atoms with Gasteiger partial charge in [0.25, 0.3) is 0 Å². The summed E-state index contributed by atoms with van der Waals surface area (Å²) in [6.07, 6.45) is 7.76. The molecule has 3 aliphatic rings. The predicted molar refractivity (Wildman–Crippen MR) is 324 cm³/mol. The van der Waals surface area contributed by atoms with Gasteiger partial charge in [-0.05, 0) is 96.2 Å². The molecule has 9 rings (SSSR count). The summed E-state index contributed by atoms with van der Waals surface area (Å²) < 4.78 is 151. The lowest BCUT2D eigenvalue weighted by atomic mass is 9.87.